The highest BCUT2D eigenvalue weighted by molar-refractivity contribution is 7.99. The molecule has 0 aliphatic rings. The van der Waals surface area contributed by atoms with Crippen LogP contribution in [0.2, 0.25) is 0 Å². The molecule has 9 heteroatoms. The predicted octanol–water partition coefficient (Wildman–Crippen LogP) is 3.77. The zero-order chi connectivity index (χ0) is 19.4. The summed E-state index contributed by atoms with van der Waals surface area (Å²) in [6, 6.07) is 10.4. The van der Waals surface area contributed by atoms with E-state index in [1.807, 2.05) is 36.6 Å². The van der Waals surface area contributed by atoms with Crippen LogP contribution in [0.25, 0.3) is 0 Å². The number of hydrogen-bond acceptors (Lipinski definition) is 7. The van der Waals surface area contributed by atoms with E-state index in [0.717, 1.165) is 15.7 Å². The lowest BCUT2D eigenvalue weighted by atomic mass is 9.85. The molecule has 1 N–H and O–H groups in total. The van der Waals surface area contributed by atoms with Gasteiger partial charge in [-0.15, -0.1) is 20.4 Å². The smallest absolute Gasteiger partial charge is 0.236 e. The lowest BCUT2D eigenvalue weighted by Gasteiger charge is -2.21. The first-order chi connectivity index (χ1) is 12.9. The number of benzene rings is 1. The second-order valence-corrected chi connectivity index (χ2v) is 8.77. The van der Waals surface area contributed by atoms with E-state index in [-0.39, 0.29) is 23.1 Å². The van der Waals surface area contributed by atoms with Crippen LogP contribution in [-0.2, 0) is 10.2 Å². The number of carbonyl (C=O) groups excluding carboxylic acids is 1. The molecule has 0 saturated carbocycles. The Labute approximate surface area is 166 Å². The van der Waals surface area contributed by atoms with E-state index in [2.05, 4.69) is 51.7 Å². The maximum absolute atomic E-state index is 12.3. The Hall–Kier alpha value is -2.26. The molecule has 0 atom stereocenters. The quantitative estimate of drug-likeness (QED) is 0.606. The van der Waals surface area contributed by atoms with E-state index in [1.54, 1.807) is 6.33 Å². The molecule has 2 heterocycles. The maximum Gasteiger partial charge on any atom is 0.236 e. The zero-order valence-electron chi connectivity index (χ0n) is 15.7. The number of carbonyl (C=O) groups is 1. The van der Waals surface area contributed by atoms with Gasteiger partial charge in [0, 0.05) is 11.5 Å². The summed E-state index contributed by atoms with van der Waals surface area (Å²) < 4.78 is 1.93. The largest absolute Gasteiger partial charge is 0.306 e. The van der Waals surface area contributed by atoms with Crippen molar-refractivity contribution >= 4 is 34.1 Å². The Morgan fingerprint density at radius 2 is 1.96 bits per heavy atom. The van der Waals surface area contributed by atoms with Crippen LogP contribution >= 0.6 is 23.1 Å². The molecule has 27 heavy (non-hydrogen) atoms. The summed E-state index contributed by atoms with van der Waals surface area (Å²) in [5.41, 5.74) is 0.882. The van der Waals surface area contributed by atoms with E-state index in [0.29, 0.717) is 5.13 Å². The molecule has 142 valence electrons. The molecule has 7 nitrogen and oxygen atoms in total. The van der Waals surface area contributed by atoms with Crippen LogP contribution in [0.5, 0.6) is 0 Å². The highest BCUT2D eigenvalue weighted by Gasteiger charge is 2.27. The molecule has 0 radical (unpaired) electrons. The highest BCUT2D eigenvalue weighted by Crippen LogP contribution is 2.34. The van der Waals surface area contributed by atoms with Crippen molar-refractivity contribution in [3.05, 3.63) is 47.2 Å². The molecule has 0 saturated heterocycles. The minimum Gasteiger partial charge on any atom is -0.306 e. The molecule has 1 amide bonds. The summed E-state index contributed by atoms with van der Waals surface area (Å²) in [7, 11) is 0. The molecule has 0 bridgehead atoms. The fraction of sp³-hybridized carbons (Fsp3) is 0.389. The number of rotatable bonds is 7. The Morgan fingerprint density at radius 1 is 1.22 bits per heavy atom. The lowest BCUT2D eigenvalue weighted by Crippen LogP contribution is -2.18. The van der Waals surface area contributed by atoms with E-state index in [1.165, 1.54) is 23.1 Å². The monoisotopic (exact) mass is 402 g/mol. The highest BCUT2D eigenvalue weighted by atomic mass is 32.2. The Bertz CT molecular complexity index is 903. The SMILES string of the molecule is CC(C)n1cnnc1SCC(=O)Nc1nnc(C(C)(C)c2ccccc2)s1. The Balaban J connectivity index is 1.62. The van der Waals surface area contributed by atoms with Crippen LogP contribution < -0.4 is 5.32 Å². The van der Waals surface area contributed by atoms with Gasteiger partial charge in [0.25, 0.3) is 0 Å². The van der Waals surface area contributed by atoms with Gasteiger partial charge < -0.3 is 4.57 Å². The van der Waals surface area contributed by atoms with Crippen molar-refractivity contribution in [2.45, 2.75) is 44.3 Å². The molecule has 3 aromatic rings. The van der Waals surface area contributed by atoms with Crippen molar-refractivity contribution in [1.82, 2.24) is 25.0 Å². The summed E-state index contributed by atoms with van der Waals surface area (Å²) in [4.78, 5) is 12.3. The molecule has 0 spiro atoms. The summed E-state index contributed by atoms with van der Waals surface area (Å²) >= 11 is 2.75. The van der Waals surface area contributed by atoms with Crippen molar-refractivity contribution in [3.63, 3.8) is 0 Å². The molecule has 2 aromatic heterocycles. The third-order valence-electron chi connectivity index (χ3n) is 4.13. The van der Waals surface area contributed by atoms with Gasteiger partial charge in [0.2, 0.25) is 11.0 Å². The standard InChI is InChI=1S/C18H22N6OS2/c1-12(2)24-11-19-23-17(24)26-10-14(25)20-16-22-21-15(27-16)18(3,4)13-8-6-5-7-9-13/h5-9,11-12H,10H2,1-4H3,(H,20,22,25). The number of nitrogens with one attached hydrogen (secondary N) is 1. The van der Waals surface area contributed by atoms with Gasteiger partial charge in [-0.25, -0.2) is 0 Å². The van der Waals surface area contributed by atoms with Crippen LogP contribution in [0, 0.1) is 0 Å². The van der Waals surface area contributed by atoms with Crippen LogP contribution in [-0.4, -0.2) is 36.6 Å². The van der Waals surface area contributed by atoms with Crippen molar-refractivity contribution < 1.29 is 4.79 Å². The first-order valence-corrected chi connectivity index (χ1v) is 10.4. The van der Waals surface area contributed by atoms with E-state index in [4.69, 9.17) is 0 Å². The maximum atomic E-state index is 12.3. The first-order valence-electron chi connectivity index (χ1n) is 8.59. The van der Waals surface area contributed by atoms with Crippen LogP contribution in [0.15, 0.2) is 41.8 Å². The van der Waals surface area contributed by atoms with Gasteiger partial charge in [-0.3, -0.25) is 10.1 Å². The molecule has 0 unspecified atom stereocenters. The minimum atomic E-state index is -0.273. The molecule has 1 aromatic carbocycles. The molecular formula is C18H22N6OS2. The third kappa shape index (κ3) is 4.54. The third-order valence-corrected chi connectivity index (χ3v) is 6.25. The average molecular weight is 403 g/mol. The van der Waals surface area contributed by atoms with E-state index < -0.39 is 0 Å². The predicted molar refractivity (Wildman–Crippen MR) is 108 cm³/mol. The second kappa shape index (κ2) is 8.18. The molecule has 0 fully saturated rings. The summed E-state index contributed by atoms with van der Waals surface area (Å²) in [5.74, 6) is 0.0982. The number of amides is 1. The number of hydrogen-bond donors (Lipinski definition) is 1. The molecule has 0 aliphatic carbocycles. The topological polar surface area (TPSA) is 85.6 Å². The zero-order valence-corrected chi connectivity index (χ0v) is 17.3. The fourth-order valence-electron chi connectivity index (χ4n) is 2.48. The first kappa shape index (κ1) is 19.5. The lowest BCUT2D eigenvalue weighted by molar-refractivity contribution is -0.113. The molecule has 3 rings (SSSR count). The van der Waals surface area contributed by atoms with Crippen LogP contribution in [0.3, 0.4) is 0 Å². The van der Waals surface area contributed by atoms with E-state index >= 15 is 0 Å². The number of nitrogens with zero attached hydrogens (tertiary/aromatic N) is 5. The van der Waals surface area contributed by atoms with Gasteiger partial charge in [-0.2, -0.15) is 0 Å². The van der Waals surface area contributed by atoms with Gasteiger partial charge in [-0.1, -0.05) is 53.4 Å². The van der Waals surface area contributed by atoms with Crippen LogP contribution in [0.4, 0.5) is 5.13 Å². The Kier molecular flexibility index (Phi) is 5.91. The van der Waals surface area contributed by atoms with E-state index in [9.17, 15) is 4.79 Å². The van der Waals surface area contributed by atoms with Gasteiger partial charge in [0.15, 0.2) is 5.16 Å². The number of thioether (sulfide) groups is 1. The second-order valence-electron chi connectivity index (χ2n) is 6.85. The van der Waals surface area contributed by atoms with Crippen molar-refractivity contribution in [1.29, 1.82) is 0 Å². The fourth-order valence-corrected chi connectivity index (χ4v) is 4.21. The molecule has 0 aliphatic heterocycles. The van der Waals surface area contributed by atoms with Gasteiger partial charge in [-0.05, 0) is 33.3 Å². The van der Waals surface area contributed by atoms with Gasteiger partial charge >= 0.3 is 0 Å². The minimum absolute atomic E-state index is 0.140. The molecular weight excluding hydrogens is 380 g/mol. The van der Waals surface area contributed by atoms with Gasteiger partial charge in [0.1, 0.15) is 11.3 Å². The van der Waals surface area contributed by atoms with Crippen LogP contribution in [0.1, 0.15) is 44.3 Å². The average Bonchev–Trinajstić information content (AvgIpc) is 3.30. The summed E-state index contributed by atoms with van der Waals surface area (Å²) in [5, 5.41) is 21.3. The van der Waals surface area contributed by atoms with Crippen molar-refractivity contribution in [2.75, 3.05) is 11.1 Å². The number of anilines is 1. The summed E-state index contributed by atoms with van der Waals surface area (Å²) in [6.07, 6.45) is 1.67. The summed E-state index contributed by atoms with van der Waals surface area (Å²) in [6.45, 7) is 8.29. The Morgan fingerprint density at radius 3 is 2.67 bits per heavy atom. The normalized spacial score (nSPS) is 11.7. The van der Waals surface area contributed by atoms with Gasteiger partial charge in [0.05, 0.1) is 5.75 Å². The van der Waals surface area contributed by atoms with Crippen molar-refractivity contribution in [3.8, 4) is 0 Å². The number of aromatic nitrogens is 5. The van der Waals surface area contributed by atoms with Crippen molar-refractivity contribution in [2.24, 2.45) is 0 Å².